The Morgan fingerprint density at radius 2 is 1.82 bits per heavy atom. The summed E-state index contributed by atoms with van der Waals surface area (Å²) in [6, 6.07) is 23.4. The molecule has 33 heavy (non-hydrogen) atoms. The fraction of sp³-hybridized carbons (Fsp3) is 0.222. The van der Waals surface area contributed by atoms with Crippen molar-refractivity contribution in [3.05, 3.63) is 89.6 Å². The molecule has 0 unspecified atom stereocenters. The maximum absolute atomic E-state index is 13.6. The Balaban J connectivity index is 1.55. The van der Waals surface area contributed by atoms with Crippen molar-refractivity contribution < 1.29 is 14.3 Å². The predicted octanol–water partition coefficient (Wildman–Crippen LogP) is 5.75. The van der Waals surface area contributed by atoms with Gasteiger partial charge in [-0.2, -0.15) is 0 Å². The first-order valence-corrected chi connectivity index (χ1v) is 11.2. The van der Waals surface area contributed by atoms with Crippen LogP contribution in [-0.4, -0.2) is 36.2 Å². The second-order valence-corrected chi connectivity index (χ2v) is 8.04. The zero-order chi connectivity index (χ0) is 22.8. The highest BCUT2D eigenvalue weighted by Crippen LogP contribution is 2.39. The van der Waals surface area contributed by atoms with Crippen LogP contribution < -0.4 is 14.8 Å². The van der Waals surface area contributed by atoms with Crippen LogP contribution in [0, 0.1) is 0 Å². The summed E-state index contributed by atoms with van der Waals surface area (Å²) < 4.78 is 11.1. The quantitative estimate of drug-likeness (QED) is 0.414. The van der Waals surface area contributed by atoms with Crippen LogP contribution in [-0.2, 0) is 6.42 Å². The molecule has 0 spiro atoms. The van der Waals surface area contributed by atoms with E-state index in [-0.39, 0.29) is 12.1 Å². The number of benzene rings is 3. The molecule has 0 saturated carbocycles. The van der Waals surface area contributed by atoms with Crippen molar-refractivity contribution in [3.8, 4) is 11.5 Å². The van der Waals surface area contributed by atoms with E-state index in [0.717, 1.165) is 28.9 Å². The third kappa shape index (κ3) is 3.89. The summed E-state index contributed by atoms with van der Waals surface area (Å²) in [6.45, 7) is 3.07. The maximum Gasteiger partial charge on any atom is 0.322 e. The topological polar surface area (TPSA) is 66.6 Å². The lowest BCUT2D eigenvalue weighted by molar-refractivity contribution is 0.193. The molecule has 6 heteroatoms. The molecule has 0 saturated heterocycles. The predicted molar refractivity (Wildman–Crippen MR) is 130 cm³/mol. The van der Waals surface area contributed by atoms with Gasteiger partial charge in [-0.15, -0.1) is 0 Å². The van der Waals surface area contributed by atoms with Gasteiger partial charge in [0.05, 0.1) is 25.4 Å². The molecule has 168 valence electrons. The number of rotatable bonds is 5. The van der Waals surface area contributed by atoms with Gasteiger partial charge in [0, 0.05) is 23.1 Å². The Kier molecular flexibility index (Phi) is 5.65. The monoisotopic (exact) mass is 441 g/mol. The Bertz CT molecular complexity index is 1280. The minimum atomic E-state index is -0.244. The third-order valence-corrected chi connectivity index (χ3v) is 6.16. The van der Waals surface area contributed by atoms with E-state index in [2.05, 4.69) is 28.5 Å². The summed E-state index contributed by atoms with van der Waals surface area (Å²) in [7, 11) is 1.65. The molecule has 1 aromatic heterocycles. The molecule has 6 nitrogen and oxygen atoms in total. The number of amides is 2. The summed E-state index contributed by atoms with van der Waals surface area (Å²) in [5.41, 5.74) is 5.10. The number of aromatic amines is 1. The van der Waals surface area contributed by atoms with Crippen LogP contribution in [0.4, 0.5) is 10.5 Å². The van der Waals surface area contributed by atoms with Crippen LogP contribution in [0.1, 0.15) is 29.8 Å². The van der Waals surface area contributed by atoms with E-state index in [9.17, 15) is 4.79 Å². The number of fused-ring (bicyclic) bond motifs is 3. The zero-order valence-corrected chi connectivity index (χ0v) is 18.8. The number of para-hydroxylation sites is 3. The SMILES string of the molecule is CCOc1ccccc1NC(=O)N1CCc2c([nH]c3ccccc23)[C@@H]1c1ccc(OC)cc1. The number of nitrogens with one attached hydrogen (secondary N) is 2. The first-order valence-electron chi connectivity index (χ1n) is 11.2. The van der Waals surface area contributed by atoms with Gasteiger partial charge in [0.1, 0.15) is 11.5 Å². The highest BCUT2D eigenvalue weighted by atomic mass is 16.5. The van der Waals surface area contributed by atoms with Crippen molar-refractivity contribution in [2.24, 2.45) is 0 Å². The van der Waals surface area contributed by atoms with Gasteiger partial charge in [0.25, 0.3) is 0 Å². The lowest BCUT2D eigenvalue weighted by atomic mass is 9.92. The highest BCUT2D eigenvalue weighted by molar-refractivity contribution is 5.92. The van der Waals surface area contributed by atoms with Crippen LogP contribution >= 0.6 is 0 Å². The molecule has 2 amide bonds. The van der Waals surface area contributed by atoms with Crippen LogP contribution in [0.25, 0.3) is 10.9 Å². The van der Waals surface area contributed by atoms with Crippen molar-refractivity contribution in [1.29, 1.82) is 0 Å². The summed E-state index contributed by atoms with van der Waals surface area (Å²) in [5, 5.41) is 4.29. The number of carbonyl (C=O) groups excluding carboxylic acids is 1. The molecule has 3 aromatic carbocycles. The second-order valence-electron chi connectivity index (χ2n) is 8.04. The first-order chi connectivity index (χ1) is 16.2. The van der Waals surface area contributed by atoms with Gasteiger partial charge in [-0.3, -0.25) is 0 Å². The van der Waals surface area contributed by atoms with Crippen molar-refractivity contribution in [1.82, 2.24) is 9.88 Å². The Labute approximate surface area is 193 Å². The lowest BCUT2D eigenvalue weighted by Crippen LogP contribution is -2.43. The van der Waals surface area contributed by atoms with Crippen molar-refractivity contribution in [3.63, 3.8) is 0 Å². The minimum Gasteiger partial charge on any atom is -0.497 e. The number of hydrogen-bond acceptors (Lipinski definition) is 3. The Morgan fingerprint density at radius 3 is 2.61 bits per heavy atom. The van der Waals surface area contributed by atoms with Gasteiger partial charge in [-0.1, -0.05) is 42.5 Å². The number of urea groups is 1. The number of anilines is 1. The average molecular weight is 442 g/mol. The number of carbonyl (C=O) groups is 1. The van der Waals surface area contributed by atoms with Crippen molar-refractivity contribution in [2.75, 3.05) is 25.6 Å². The standard InChI is InChI=1S/C27H27N3O3/c1-3-33-24-11-7-6-10-23(24)29-27(31)30-17-16-21-20-8-4-5-9-22(20)28-25(21)26(30)18-12-14-19(32-2)15-13-18/h4-15,26,28H,3,16-17H2,1-2H3,(H,29,31)/t26-/m0/s1. The summed E-state index contributed by atoms with van der Waals surface area (Å²) in [5.74, 6) is 1.45. The fourth-order valence-corrected chi connectivity index (χ4v) is 4.63. The smallest absolute Gasteiger partial charge is 0.322 e. The van der Waals surface area contributed by atoms with Crippen LogP contribution in [0.2, 0.25) is 0 Å². The number of nitrogens with zero attached hydrogens (tertiary/aromatic N) is 1. The summed E-state index contributed by atoms with van der Waals surface area (Å²) in [6.07, 6.45) is 0.784. The number of H-pyrrole nitrogens is 1. The van der Waals surface area contributed by atoms with E-state index in [1.165, 1.54) is 10.9 Å². The summed E-state index contributed by atoms with van der Waals surface area (Å²) in [4.78, 5) is 19.1. The Hall–Kier alpha value is -3.93. The molecule has 5 rings (SSSR count). The molecular formula is C27H27N3O3. The normalized spacial score (nSPS) is 15.2. The first kappa shape index (κ1) is 20.9. The number of methoxy groups -OCH3 is 1. The van der Waals surface area contributed by atoms with E-state index >= 15 is 0 Å². The van der Waals surface area contributed by atoms with E-state index in [4.69, 9.17) is 9.47 Å². The molecule has 0 bridgehead atoms. The van der Waals surface area contributed by atoms with Crippen LogP contribution in [0.3, 0.4) is 0 Å². The number of hydrogen-bond donors (Lipinski definition) is 2. The molecule has 0 radical (unpaired) electrons. The summed E-state index contributed by atoms with van der Waals surface area (Å²) >= 11 is 0. The van der Waals surface area contributed by atoms with E-state index in [1.54, 1.807) is 7.11 Å². The van der Waals surface area contributed by atoms with Crippen LogP contribution in [0.5, 0.6) is 11.5 Å². The lowest BCUT2D eigenvalue weighted by Gasteiger charge is -2.36. The van der Waals surface area contributed by atoms with Gasteiger partial charge in [0.2, 0.25) is 0 Å². The Morgan fingerprint density at radius 1 is 1.06 bits per heavy atom. The number of ether oxygens (including phenoxy) is 2. The highest BCUT2D eigenvalue weighted by Gasteiger charge is 2.34. The molecule has 2 heterocycles. The zero-order valence-electron chi connectivity index (χ0n) is 18.8. The van der Waals surface area contributed by atoms with Gasteiger partial charge < -0.3 is 24.7 Å². The van der Waals surface area contributed by atoms with Gasteiger partial charge in [-0.05, 0) is 54.8 Å². The van der Waals surface area contributed by atoms with Crippen LogP contribution in [0.15, 0.2) is 72.8 Å². The minimum absolute atomic E-state index is 0.160. The third-order valence-electron chi connectivity index (χ3n) is 6.16. The molecular weight excluding hydrogens is 414 g/mol. The van der Waals surface area contributed by atoms with Gasteiger partial charge in [0.15, 0.2) is 0 Å². The molecule has 1 aliphatic rings. The molecule has 2 N–H and O–H groups in total. The number of aromatic nitrogens is 1. The maximum atomic E-state index is 13.6. The molecule has 4 aromatic rings. The second kappa shape index (κ2) is 8.90. The molecule has 0 fully saturated rings. The molecule has 0 aliphatic carbocycles. The van der Waals surface area contributed by atoms with Crippen molar-refractivity contribution in [2.45, 2.75) is 19.4 Å². The van der Waals surface area contributed by atoms with Gasteiger partial charge in [-0.25, -0.2) is 4.79 Å². The average Bonchev–Trinajstić information content (AvgIpc) is 3.23. The van der Waals surface area contributed by atoms with Crippen molar-refractivity contribution >= 4 is 22.6 Å². The molecule has 1 aliphatic heterocycles. The van der Waals surface area contributed by atoms with E-state index < -0.39 is 0 Å². The fourth-order valence-electron chi connectivity index (χ4n) is 4.63. The molecule has 1 atom stereocenters. The van der Waals surface area contributed by atoms with E-state index in [0.29, 0.717) is 24.6 Å². The van der Waals surface area contributed by atoms with Gasteiger partial charge >= 0.3 is 6.03 Å². The largest absolute Gasteiger partial charge is 0.497 e. The van der Waals surface area contributed by atoms with E-state index in [1.807, 2.05) is 66.4 Å².